The van der Waals surface area contributed by atoms with Crippen LogP contribution in [0.3, 0.4) is 0 Å². The molecule has 94 valence electrons. The number of hydrogen-bond donors (Lipinski definition) is 1. The molecule has 3 aromatic rings. The van der Waals surface area contributed by atoms with Crippen molar-refractivity contribution in [3.63, 3.8) is 0 Å². The summed E-state index contributed by atoms with van der Waals surface area (Å²) in [5.74, 6) is 0.644. The summed E-state index contributed by atoms with van der Waals surface area (Å²) < 4.78 is 1.77. The van der Waals surface area contributed by atoms with Crippen LogP contribution in [-0.4, -0.2) is 19.5 Å². The second-order valence-electron chi connectivity index (χ2n) is 3.80. The summed E-state index contributed by atoms with van der Waals surface area (Å²) in [6.45, 7) is 0. The van der Waals surface area contributed by atoms with Crippen LogP contribution in [0.15, 0.2) is 65.3 Å². The molecule has 0 saturated heterocycles. The van der Waals surface area contributed by atoms with Crippen molar-refractivity contribution in [1.29, 1.82) is 0 Å². The van der Waals surface area contributed by atoms with Crippen molar-refractivity contribution >= 4 is 17.4 Å². The van der Waals surface area contributed by atoms with Crippen molar-refractivity contribution in [3.8, 4) is 5.82 Å². The monoisotopic (exact) mass is 269 g/mol. The molecule has 6 heteroatoms. The Morgan fingerprint density at radius 1 is 1.11 bits per heavy atom. The van der Waals surface area contributed by atoms with Crippen LogP contribution in [0, 0.1) is 0 Å². The Morgan fingerprint density at radius 3 is 2.68 bits per heavy atom. The van der Waals surface area contributed by atoms with Gasteiger partial charge in [-0.05, 0) is 12.1 Å². The topological polar surface area (TPSA) is 69.6 Å². The molecule has 19 heavy (non-hydrogen) atoms. The fourth-order valence-corrected chi connectivity index (χ4v) is 2.46. The van der Waals surface area contributed by atoms with Crippen LogP contribution in [0.25, 0.3) is 5.82 Å². The summed E-state index contributed by atoms with van der Waals surface area (Å²) in [5, 5.41) is 0.741. The number of aromatic nitrogens is 4. The molecule has 3 rings (SSSR count). The Balaban J connectivity index is 1.97. The predicted octanol–water partition coefficient (Wildman–Crippen LogP) is 2.40. The first-order chi connectivity index (χ1) is 9.34. The van der Waals surface area contributed by atoms with Gasteiger partial charge in [-0.15, -0.1) is 0 Å². The highest BCUT2D eigenvalue weighted by Crippen LogP contribution is 2.31. The molecular weight excluding hydrogens is 258 g/mol. The maximum Gasteiger partial charge on any atom is 0.165 e. The van der Waals surface area contributed by atoms with Crippen LogP contribution >= 0.6 is 11.8 Å². The quantitative estimate of drug-likeness (QED) is 0.739. The van der Waals surface area contributed by atoms with Crippen molar-refractivity contribution in [3.05, 3.63) is 55.4 Å². The van der Waals surface area contributed by atoms with Crippen molar-refractivity contribution in [2.45, 2.75) is 9.92 Å². The van der Waals surface area contributed by atoms with Gasteiger partial charge in [-0.1, -0.05) is 30.0 Å². The van der Waals surface area contributed by atoms with Crippen LogP contribution in [0.4, 0.5) is 5.69 Å². The minimum Gasteiger partial charge on any atom is -0.393 e. The van der Waals surface area contributed by atoms with E-state index >= 15 is 0 Å². The fourth-order valence-electron chi connectivity index (χ4n) is 1.64. The van der Waals surface area contributed by atoms with E-state index in [0.717, 1.165) is 9.92 Å². The molecule has 2 heterocycles. The Labute approximate surface area is 114 Å². The molecule has 0 spiro atoms. The molecule has 0 bridgehead atoms. The lowest BCUT2D eigenvalue weighted by Gasteiger charge is -2.08. The van der Waals surface area contributed by atoms with Gasteiger partial charge in [0.2, 0.25) is 0 Å². The summed E-state index contributed by atoms with van der Waals surface area (Å²) in [4.78, 5) is 13.5. The van der Waals surface area contributed by atoms with Crippen LogP contribution in [0.5, 0.6) is 0 Å². The van der Waals surface area contributed by atoms with Crippen LogP contribution in [-0.2, 0) is 0 Å². The van der Waals surface area contributed by atoms with Crippen molar-refractivity contribution in [2.75, 3.05) is 5.73 Å². The largest absolute Gasteiger partial charge is 0.393 e. The summed E-state index contributed by atoms with van der Waals surface area (Å²) >= 11 is 1.52. The van der Waals surface area contributed by atoms with Crippen LogP contribution in [0.1, 0.15) is 0 Å². The molecule has 2 aromatic heterocycles. The number of nitrogen functional groups attached to an aromatic ring is 1. The van der Waals surface area contributed by atoms with Gasteiger partial charge in [-0.3, -0.25) is 4.57 Å². The molecule has 1 aromatic carbocycles. The Bertz CT molecular complexity index is 667. The third kappa shape index (κ3) is 2.43. The third-order valence-corrected chi connectivity index (χ3v) is 3.56. The normalized spacial score (nSPS) is 10.5. The predicted molar refractivity (Wildman–Crippen MR) is 74.1 cm³/mol. The van der Waals surface area contributed by atoms with E-state index in [0.29, 0.717) is 11.5 Å². The average molecular weight is 269 g/mol. The molecule has 2 N–H and O–H groups in total. The molecule has 0 aliphatic carbocycles. The summed E-state index contributed by atoms with van der Waals surface area (Å²) in [5.41, 5.74) is 6.68. The van der Waals surface area contributed by atoms with Crippen LogP contribution < -0.4 is 5.73 Å². The van der Waals surface area contributed by atoms with Crippen molar-refractivity contribution in [1.82, 2.24) is 19.5 Å². The molecule has 0 radical (unpaired) electrons. The number of anilines is 1. The summed E-state index contributed by atoms with van der Waals surface area (Å²) in [6.07, 6.45) is 6.66. The van der Waals surface area contributed by atoms with Gasteiger partial charge in [-0.25, -0.2) is 15.0 Å². The zero-order valence-electron chi connectivity index (χ0n) is 9.97. The molecule has 0 amide bonds. The molecular formula is C13H11N5S. The van der Waals surface area contributed by atoms with Gasteiger partial charge >= 0.3 is 0 Å². The van der Waals surface area contributed by atoms with Gasteiger partial charge in [0.1, 0.15) is 23.4 Å². The van der Waals surface area contributed by atoms with Gasteiger partial charge in [-0.2, -0.15) is 0 Å². The van der Waals surface area contributed by atoms with Gasteiger partial charge in [0, 0.05) is 17.3 Å². The number of imidazole rings is 1. The lowest BCUT2D eigenvalue weighted by Crippen LogP contribution is -2.03. The first-order valence-electron chi connectivity index (χ1n) is 5.66. The Kier molecular flexibility index (Phi) is 3.16. The highest BCUT2D eigenvalue weighted by atomic mass is 32.2. The van der Waals surface area contributed by atoms with Crippen molar-refractivity contribution in [2.24, 2.45) is 0 Å². The van der Waals surface area contributed by atoms with Crippen LogP contribution in [0.2, 0.25) is 0 Å². The minimum absolute atomic E-state index is 0.550. The smallest absolute Gasteiger partial charge is 0.165 e. The van der Waals surface area contributed by atoms with Gasteiger partial charge in [0.05, 0.1) is 0 Å². The second kappa shape index (κ2) is 5.11. The zero-order valence-corrected chi connectivity index (χ0v) is 10.8. The van der Waals surface area contributed by atoms with E-state index in [9.17, 15) is 0 Å². The van der Waals surface area contributed by atoms with E-state index in [-0.39, 0.29) is 0 Å². The summed E-state index contributed by atoms with van der Waals surface area (Å²) in [6, 6.07) is 9.98. The first kappa shape index (κ1) is 11.7. The average Bonchev–Trinajstić information content (AvgIpc) is 2.96. The fraction of sp³-hybridized carbons (Fsp3) is 0. The standard InChI is InChI=1S/C13H11N5S/c14-11-12(18-7-6-15-9-18)16-8-17-13(11)19-10-4-2-1-3-5-10/h1-9H,14H2. The second-order valence-corrected chi connectivity index (χ2v) is 4.86. The summed E-state index contributed by atoms with van der Waals surface area (Å²) in [7, 11) is 0. The number of nitrogens with zero attached hydrogens (tertiary/aromatic N) is 4. The third-order valence-electron chi connectivity index (χ3n) is 2.53. The van der Waals surface area contributed by atoms with E-state index in [1.807, 2.05) is 30.3 Å². The molecule has 0 saturated carbocycles. The lowest BCUT2D eigenvalue weighted by molar-refractivity contribution is 0.942. The van der Waals surface area contributed by atoms with E-state index in [4.69, 9.17) is 5.73 Å². The molecule has 0 unspecified atom stereocenters. The molecule has 5 nitrogen and oxygen atoms in total. The Hall–Kier alpha value is -2.34. The van der Waals surface area contributed by atoms with Crippen molar-refractivity contribution < 1.29 is 0 Å². The van der Waals surface area contributed by atoms with Gasteiger partial charge in [0.15, 0.2) is 5.82 Å². The van der Waals surface area contributed by atoms with Gasteiger partial charge in [0.25, 0.3) is 0 Å². The van der Waals surface area contributed by atoms with Gasteiger partial charge < -0.3 is 5.73 Å². The SMILES string of the molecule is Nc1c(Sc2ccccc2)ncnc1-n1ccnc1. The van der Waals surface area contributed by atoms with E-state index in [1.165, 1.54) is 18.1 Å². The molecule has 0 aliphatic rings. The molecule has 0 aliphatic heterocycles. The highest BCUT2D eigenvalue weighted by molar-refractivity contribution is 7.99. The number of nitrogens with two attached hydrogens (primary N) is 1. The van der Waals surface area contributed by atoms with E-state index < -0.39 is 0 Å². The molecule has 0 fully saturated rings. The molecule has 0 atom stereocenters. The van der Waals surface area contributed by atoms with E-state index in [1.54, 1.807) is 23.3 Å². The Morgan fingerprint density at radius 2 is 1.95 bits per heavy atom. The number of rotatable bonds is 3. The lowest BCUT2D eigenvalue weighted by atomic mass is 10.4. The maximum atomic E-state index is 6.13. The van der Waals surface area contributed by atoms with E-state index in [2.05, 4.69) is 15.0 Å². The highest BCUT2D eigenvalue weighted by Gasteiger charge is 2.10. The first-order valence-corrected chi connectivity index (χ1v) is 6.48. The minimum atomic E-state index is 0.550. The number of hydrogen-bond acceptors (Lipinski definition) is 5. The maximum absolute atomic E-state index is 6.13. The number of benzene rings is 1. The zero-order chi connectivity index (χ0) is 13.1.